The summed E-state index contributed by atoms with van der Waals surface area (Å²) in [5, 5.41) is 13.0. The Hall–Kier alpha value is -3.35. The fourth-order valence-electron chi connectivity index (χ4n) is 3.75. The monoisotopic (exact) mass is 395 g/mol. The molecule has 4 rings (SSSR count). The molecule has 0 aromatic heterocycles. The summed E-state index contributed by atoms with van der Waals surface area (Å²) in [4.78, 5) is 11.3. The van der Waals surface area contributed by atoms with Crippen LogP contribution in [-0.2, 0) is 18.5 Å². The van der Waals surface area contributed by atoms with E-state index in [1.165, 1.54) is 11.1 Å². The minimum absolute atomic E-state index is 0.0878. The second-order valence-corrected chi connectivity index (χ2v) is 7.78. The van der Waals surface area contributed by atoms with Crippen molar-refractivity contribution in [1.82, 2.24) is 5.32 Å². The Kier molecular flexibility index (Phi) is 5.70. The summed E-state index contributed by atoms with van der Waals surface area (Å²) in [5.41, 5.74) is 5.65. The first kappa shape index (κ1) is 19.9. The van der Waals surface area contributed by atoms with Crippen LogP contribution in [0.3, 0.4) is 0 Å². The smallest absolute Gasteiger partial charge is 0.335 e. The minimum Gasteiger partial charge on any atom is -0.478 e. The minimum atomic E-state index is -0.892. The van der Waals surface area contributed by atoms with Gasteiger partial charge in [-0.25, -0.2) is 4.79 Å². The van der Waals surface area contributed by atoms with E-state index in [0.717, 1.165) is 36.1 Å². The molecule has 0 bridgehead atoms. The fraction of sp³-hybridized carbons (Fsp3) is 0.222. The number of hydrogen-bond donors (Lipinski definition) is 2. The lowest BCUT2D eigenvalue weighted by Crippen LogP contribution is -2.28. The lowest BCUT2D eigenvalue weighted by Gasteiger charge is -2.18. The van der Waals surface area contributed by atoms with Gasteiger partial charge in [0.15, 0.2) is 0 Å². The lowest BCUT2D eigenvalue weighted by molar-refractivity contribution is 0.0695. The number of aromatic carboxylic acids is 1. The van der Waals surface area contributed by atoms with Crippen molar-refractivity contribution in [2.24, 2.45) is 0 Å². The second-order valence-electron chi connectivity index (χ2n) is 7.78. The molecule has 150 valence electrons. The molecule has 1 aliphatic carbocycles. The summed E-state index contributed by atoms with van der Waals surface area (Å²) in [7, 11) is 0. The highest BCUT2D eigenvalue weighted by atomic mass is 16.4. The molecule has 1 aliphatic rings. The molecule has 0 radical (unpaired) electrons. The summed E-state index contributed by atoms with van der Waals surface area (Å²) in [6.07, 6.45) is 2.98. The number of carboxylic acids is 1. The molecule has 3 aromatic rings. The molecule has 0 unspecified atom stereocenters. The zero-order valence-corrected chi connectivity index (χ0v) is 17.1. The molecular weight excluding hydrogens is 370 g/mol. The van der Waals surface area contributed by atoms with Gasteiger partial charge in [0.1, 0.15) is 0 Å². The summed E-state index contributed by atoms with van der Waals surface area (Å²) in [6, 6.07) is 24.2. The average molecular weight is 396 g/mol. The van der Waals surface area contributed by atoms with Gasteiger partial charge in [0.25, 0.3) is 0 Å². The van der Waals surface area contributed by atoms with Gasteiger partial charge in [-0.1, -0.05) is 61.2 Å². The summed E-state index contributed by atoms with van der Waals surface area (Å²) < 4.78 is 0. The molecule has 1 fully saturated rings. The highest BCUT2D eigenvalue weighted by molar-refractivity contribution is 5.89. The summed E-state index contributed by atoms with van der Waals surface area (Å²) >= 11 is 0. The van der Waals surface area contributed by atoms with Gasteiger partial charge in [0.05, 0.1) is 5.56 Å². The van der Waals surface area contributed by atoms with Crippen molar-refractivity contribution in [2.75, 3.05) is 0 Å². The van der Waals surface area contributed by atoms with Crippen LogP contribution in [0.4, 0.5) is 0 Å². The zero-order chi connectivity index (χ0) is 21.0. The van der Waals surface area contributed by atoms with E-state index in [9.17, 15) is 9.90 Å². The second kappa shape index (κ2) is 8.57. The maximum atomic E-state index is 11.3. The molecule has 0 amide bonds. The third kappa shape index (κ3) is 4.45. The molecule has 0 atom stereocenters. The number of nitrogens with one attached hydrogen (secondary N) is 1. The Morgan fingerprint density at radius 2 is 1.63 bits per heavy atom. The molecular formula is C27H25NO2. The molecule has 3 aromatic carbocycles. The molecule has 0 saturated heterocycles. The van der Waals surface area contributed by atoms with E-state index in [1.807, 2.05) is 19.1 Å². The van der Waals surface area contributed by atoms with Gasteiger partial charge in [0.2, 0.25) is 0 Å². The van der Waals surface area contributed by atoms with E-state index in [4.69, 9.17) is 0 Å². The van der Waals surface area contributed by atoms with Gasteiger partial charge >= 0.3 is 5.97 Å². The number of rotatable bonds is 6. The lowest BCUT2D eigenvalue weighted by atomic mass is 10.0. The predicted molar refractivity (Wildman–Crippen MR) is 119 cm³/mol. The van der Waals surface area contributed by atoms with E-state index in [-0.39, 0.29) is 5.54 Å². The van der Waals surface area contributed by atoms with Crippen molar-refractivity contribution < 1.29 is 9.90 Å². The maximum absolute atomic E-state index is 11.3. The topological polar surface area (TPSA) is 49.3 Å². The third-order valence-corrected chi connectivity index (χ3v) is 5.73. The van der Waals surface area contributed by atoms with Gasteiger partial charge in [-0.15, -0.1) is 0 Å². The fourth-order valence-corrected chi connectivity index (χ4v) is 3.75. The average Bonchev–Trinajstić information content (AvgIpc) is 3.58. The van der Waals surface area contributed by atoms with Crippen LogP contribution < -0.4 is 5.32 Å². The van der Waals surface area contributed by atoms with Crippen molar-refractivity contribution in [1.29, 1.82) is 0 Å². The standard InChI is InChI=1S/C27H25NO2/c1-2-23-18-21(12-15-25(23)26(29)30)9-8-20-10-13-24(14-11-20)27(16-17-27)28-19-22-6-4-3-5-7-22/h3-7,10-15,18,28H,2,16-17,19H2,1H3,(H,29,30). The van der Waals surface area contributed by atoms with Crippen molar-refractivity contribution in [3.8, 4) is 11.8 Å². The van der Waals surface area contributed by atoms with Crippen molar-refractivity contribution in [2.45, 2.75) is 38.3 Å². The third-order valence-electron chi connectivity index (χ3n) is 5.73. The number of benzene rings is 3. The molecule has 30 heavy (non-hydrogen) atoms. The van der Waals surface area contributed by atoms with Crippen molar-refractivity contribution >= 4 is 5.97 Å². The first-order valence-electron chi connectivity index (χ1n) is 10.4. The molecule has 1 saturated carbocycles. The van der Waals surface area contributed by atoms with Crippen molar-refractivity contribution in [3.05, 3.63) is 106 Å². The van der Waals surface area contributed by atoms with E-state index in [1.54, 1.807) is 12.1 Å². The van der Waals surface area contributed by atoms with Crippen LogP contribution in [0, 0.1) is 11.8 Å². The summed E-state index contributed by atoms with van der Waals surface area (Å²) in [5.74, 6) is 5.47. The van der Waals surface area contributed by atoms with Crippen LogP contribution in [0.25, 0.3) is 0 Å². The van der Waals surface area contributed by atoms with Gasteiger partial charge in [0, 0.05) is 23.2 Å². The molecule has 3 nitrogen and oxygen atoms in total. The maximum Gasteiger partial charge on any atom is 0.335 e. The Morgan fingerprint density at radius 3 is 2.27 bits per heavy atom. The molecule has 0 aliphatic heterocycles. The molecule has 0 heterocycles. The van der Waals surface area contributed by atoms with Gasteiger partial charge in [-0.05, 0) is 66.3 Å². The van der Waals surface area contributed by atoms with E-state index in [2.05, 4.69) is 65.7 Å². The Bertz CT molecular complexity index is 1100. The van der Waals surface area contributed by atoms with Crippen LogP contribution >= 0.6 is 0 Å². The molecule has 2 N–H and O–H groups in total. The SMILES string of the molecule is CCc1cc(C#Cc2ccc(C3(NCc4ccccc4)CC3)cc2)ccc1C(=O)O. The molecule has 0 spiro atoms. The normalized spacial score (nSPS) is 13.9. The predicted octanol–water partition coefficient (Wildman–Crippen LogP) is 5.13. The molecule has 3 heteroatoms. The Balaban J connectivity index is 1.45. The highest BCUT2D eigenvalue weighted by Crippen LogP contribution is 2.45. The van der Waals surface area contributed by atoms with Crippen LogP contribution in [0.15, 0.2) is 72.8 Å². The van der Waals surface area contributed by atoms with Gasteiger partial charge in [-0.2, -0.15) is 0 Å². The summed E-state index contributed by atoms with van der Waals surface area (Å²) in [6.45, 7) is 2.83. The van der Waals surface area contributed by atoms with Crippen LogP contribution in [0.2, 0.25) is 0 Å². The van der Waals surface area contributed by atoms with E-state index in [0.29, 0.717) is 12.0 Å². The number of aryl methyl sites for hydroxylation is 1. The van der Waals surface area contributed by atoms with Gasteiger partial charge in [-0.3, -0.25) is 0 Å². The highest BCUT2D eigenvalue weighted by Gasteiger charge is 2.43. The van der Waals surface area contributed by atoms with Crippen LogP contribution in [0.1, 0.15) is 57.9 Å². The first-order valence-corrected chi connectivity index (χ1v) is 10.4. The van der Waals surface area contributed by atoms with E-state index >= 15 is 0 Å². The Morgan fingerprint density at radius 1 is 0.967 bits per heavy atom. The van der Waals surface area contributed by atoms with E-state index < -0.39 is 5.97 Å². The largest absolute Gasteiger partial charge is 0.478 e. The van der Waals surface area contributed by atoms with Gasteiger partial charge < -0.3 is 10.4 Å². The quantitative estimate of drug-likeness (QED) is 0.569. The first-order chi connectivity index (χ1) is 14.6. The Labute approximate surface area is 177 Å². The number of carboxylic acid groups (broad SMARTS) is 1. The van der Waals surface area contributed by atoms with Crippen LogP contribution in [0.5, 0.6) is 0 Å². The number of carbonyl (C=O) groups is 1. The zero-order valence-electron chi connectivity index (χ0n) is 17.1. The van der Waals surface area contributed by atoms with Crippen LogP contribution in [-0.4, -0.2) is 11.1 Å². The number of hydrogen-bond acceptors (Lipinski definition) is 2. The van der Waals surface area contributed by atoms with Crippen molar-refractivity contribution in [3.63, 3.8) is 0 Å².